The van der Waals surface area contributed by atoms with Crippen LogP contribution in [0.25, 0.3) is 11.3 Å². The zero-order chi connectivity index (χ0) is 17.3. The number of nitrogens with zero attached hydrogens (tertiary/aromatic N) is 1. The molecule has 126 valence electrons. The molecule has 24 heavy (non-hydrogen) atoms. The monoisotopic (exact) mass is 325 g/mol. The minimum atomic E-state index is -0.523. The molecule has 0 saturated carbocycles. The molecule has 3 rings (SSSR count). The molecule has 4 heteroatoms. The Morgan fingerprint density at radius 3 is 2.58 bits per heavy atom. The van der Waals surface area contributed by atoms with Crippen molar-refractivity contribution >= 4 is 11.8 Å². The zero-order valence-electron chi connectivity index (χ0n) is 14.5. The van der Waals surface area contributed by atoms with Crippen LogP contribution in [0.3, 0.4) is 0 Å². The van der Waals surface area contributed by atoms with Crippen LogP contribution in [0.5, 0.6) is 0 Å². The summed E-state index contributed by atoms with van der Waals surface area (Å²) in [6, 6.07) is 9.43. The second kappa shape index (κ2) is 6.63. The Balaban J connectivity index is 2.25. The van der Waals surface area contributed by atoms with Gasteiger partial charge in [-0.2, -0.15) is 0 Å². The van der Waals surface area contributed by atoms with Crippen LogP contribution in [0, 0.1) is 6.92 Å². The predicted molar refractivity (Wildman–Crippen MR) is 93.2 cm³/mol. The lowest BCUT2D eigenvalue weighted by molar-refractivity contribution is -0.146. The molecule has 0 bridgehead atoms. The summed E-state index contributed by atoms with van der Waals surface area (Å²) < 4.78 is 7.12. The highest BCUT2D eigenvalue weighted by molar-refractivity contribution is 5.99. The summed E-state index contributed by atoms with van der Waals surface area (Å²) in [4.78, 5) is 25.0. The van der Waals surface area contributed by atoms with E-state index in [4.69, 9.17) is 4.74 Å². The van der Waals surface area contributed by atoms with E-state index >= 15 is 0 Å². The molecule has 1 heterocycles. The summed E-state index contributed by atoms with van der Waals surface area (Å²) in [5.41, 5.74) is 4.85. The Kier molecular flexibility index (Phi) is 4.56. The molecule has 0 radical (unpaired) electrons. The van der Waals surface area contributed by atoms with Crippen LogP contribution in [0.15, 0.2) is 30.3 Å². The van der Waals surface area contributed by atoms with Gasteiger partial charge in [0.1, 0.15) is 6.04 Å². The average Bonchev–Trinajstić information content (AvgIpc) is 2.89. The number of Topliss-reactive ketones (excluding diaryl/α,β-unsaturated/α-hetero) is 1. The molecule has 0 unspecified atom stereocenters. The second-order valence-corrected chi connectivity index (χ2v) is 6.24. The Bertz CT molecular complexity index is 774. The van der Waals surface area contributed by atoms with E-state index in [0.717, 1.165) is 35.2 Å². The van der Waals surface area contributed by atoms with Crippen LogP contribution in [0.2, 0.25) is 0 Å². The molecule has 0 spiro atoms. The highest BCUT2D eigenvalue weighted by atomic mass is 16.5. The number of aromatic nitrogens is 1. The lowest BCUT2D eigenvalue weighted by Crippen LogP contribution is -2.24. The predicted octanol–water partition coefficient (Wildman–Crippen LogP) is 4.11. The number of hydrogen-bond donors (Lipinski definition) is 0. The molecule has 1 atom stereocenters. The summed E-state index contributed by atoms with van der Waals surface area (Å²) in [6.45, 7) is 5.99. The van der Waals surface area contributed by atoms with E-state index in [9.17, 15) is 9.59 Å². The van der Waals surface area contributed by atoms with Gasteiger partial charge < -0.3 is 9.30 Å². The fourth-order valence-electron chi connectivity index (χ4n) is 3.62. The minimum absolute atomic E-state index is 0.123. The molecule has 1 aromatic carbocycles. The topological polar surface area (TPSA) is 48.3 Å². The molecule has 4 nitrogen and oxygen atoms in total. The third-order valence-corrected chi connectivity index (χ3v) is 4.73. The average molecular weight is 325 g/mol. The third-order valence-electron chi connectivity index (χ3n) is 4.73. The van der Waals surface area contributed by atoms with Crippen molar-refractivity contribution in [2.75, 3.05) is 6.61 Å². The summed E-state index contributed by atoms with van der Waals surface area (Å²) in [5.74, 6) is -0.177. The van der Waals surface area contributed by atoms with Gasteiger partial charge in [0.05, 0.1) is 18.0 Å². The van der Waals surface area contributed by atoms with Gasteiger partial charge in [0.25, 0.3) is 0 Å². The molecule has 1 aliphatic carbocycles. The fraction of sp³-hybridized carbons (Fsp3) is 0.400. The van der Waals surface area contributed by atoms with Crippen molar-refractivity contribution < 1.29 is 14.3 Å². The van der Waals surface area contributed by atoms with Crippen molar-refractivity contribution in [3.05, 3.63) is 47.2 Å². The first-order valence-electron chi connectivity index (χ1n) is 8.55. The number of esters is 1. The number of fused-ring (bicyclic) bond motifs is 1. The summed E-state index contributed by atoms with van der Waals surface area (Å²) in [7, 11) is 0. The maximum Gasteiger partial charge on any atom is 0.328 e. The van der Waals surface area contributed by atoms with Gasteiger partial charge in [-0.15, -0.1) is 0 Å². The van der Waals surface area contributed by atoms with Crippen molar-refractivity contribution in [1.82, 2.24) is 4.57 Å². The van der Waals surface area contributed by atoms with E-state index in [2.05, 4.69) is 0 Å². The minimum Gasteiger partial charge on any atom is -0.464 e. The van der Waals surface area contributed by atoms with E-state index in [-0.39, 0.29) is 11.8 Å². The number of carbonyl (C=O) groups excluding carboxylic acids is 2. The van der Waals surface area contributed by atoms with Gasteiger partial charge in [0.2, 0.25) is 0 Å². The zero-order valence-corrected chi connectivity index (χ0v) is 14.5. The molecule has 2 aromatic rings. The van der Waals surface area contributed by atoms with Crippen LogP contribution >= 0.6 is 0 Å². The lowest BCUT2D eigenvalue weighted by Gasteiger charge is -2.21. The third kappa shape index (κ3) is 2.66. The van der Waals surface area contributed by atoms with Crippen molar-refractivity contribution in [1.29, 1.82) is 0 Å². The molecule has 0 amide bonds. The van der Waals surface area contributed by atoms with Gasteiger partial charge in [0, 0.05) is 6.42 Å². The number of hydrogen-bond acceptors (Lipinski definition) is 3. The second-order valence-electron chi connectivity index (χ2n) is 6.24. The molecule has 1 aromatic heterocycles. The summed E-state index contributed by atoms with van der Waals surface area (Å²) >= 11 is 0. The first-order valence-corrected chi connectivity index (χ1v) is 8.55. The SMILES string of the molecule is CCOC(=O)[C@H](C)n1c2c(c(C)c1-c1ccccc1)CCCC2=O. The summed E-state index contributed by atoms with van der Waals surface area (Å²) in [5, 5.41) is 0. The highest BCUT2D eigenvalue weighted by Gasteiger charge is 2.32. The number of carbonyl (C=O) groups is 2. The number of ether oxygens (including phenoxy) is 1. The standard InChI is InChI=1S/C20H23NO3/c1-4-24-20(23)14(3)21-18(15-9-6-5-7-10-15)13(2)16-11-8-12-17(22)19(16)21/h5-7,9-10,14H,4,8,11-12H2,1-3H3/t14-/m0/s1. The number of ketones is 1. The molecule has 0 aliphatic heterocycles. The van der Waals surface area contributed by atoms with Crippen molar-refractivity contribution in [2.24, 2.45) is 0 Å². The molecule has 0 saturated heterocycles. The van der Waals surface area contributed by atoms with E-state index in [1.807, 2.05) is 48.7 Å². The van der Waals surface area contributed by atoms with Crippen LogP contribution < -0.4 is 0 Å². The van der Waals surface area contributed by atoms with Crippen molar-refractivity contribution in [3.8, 4) is 11.3 Å². The lowest BCUT2D eigenvalue weighted by atomic mass is 9.93. The van der Waals surface area contributed by atoms with Gasteiger partial charge in [-0.3, -0.25) is 4.79 Å². The van der Waals surface area contributed by atoms with Crippen molar-refractivity contribution in [2.45, 2.75) is 46.1 Å². The van der Waals surface area contributed by atoms with Crippen LogP contribution in [0.1, 0.15) is 54.3 Å². The van der Waals surface area contributed by atoms with E-state index in [1.165, 1.54) is 0 Å². The highest BCUT2D eigenvalue weighted by Crippen LogP contribution is 2.38. The molecule has 1 aliphatic rings. The quantitative estimate of drug-likeness (QED) is 0.795. The maximum absolute atomic E-state index is 12.6. The smallest absolute Gasteiger partial charge is 0.328 e. The molecular weight excluding hydrogens is 302 g/mol. The first kappa shape index (κ1) is 16.5. The fourth-order valence-corrected chi connectivity index (χ4v) is 3.62. The van der Waals surface area contributed by atoms with Gasteiger partial charge in [-0.1, -0.05) is 30.3 Å². The molecule has 0 N–H and O–H groups in total. The molecular formula is C20H23NO3. The Morgan fingerprint density at radius 2 is 1.92 bits per heavy atom. The Hall–Kier alpha value is -2.36. The van der Waals surface area contributed by atoms with Gasteiger partial charge in [0.15, 0.2) is 5.78 Å². The Morgan fingerprint density at radius 1 is 1.21 bits per heavy atom. The van der Waals surface area contributed by atoms with Gasteiger partial charge >= 0.3 is 5.97 Å². The normalized spacial score (nSPS) is 15.0. The van der Waals surface area contributed by atoms with E-state index in [0.29, 0.717) is 18.7 Å². The van der Waals surface area contributed by atoms with Crippen LogP contribution in [-0.4, -0.2) is 22.9 Å². The number of rotatable bonds is 4. The van der Waals surface area contributed by atoms with Crippen LogP contribution in [-0.2, 0) is 16.0 Å². The van der Waals surface area contributed by atoms with Crippen molar-refractivity contribution in [3.63, 3.8) is 0 Å². The first-order chi connectivity index (χ1) is 11.6. The maximum atomic E-state index is 12.6. The molecule has 0 fully saturated rings. The largest absolute Gasteiger partial charge is 0.464 e. The Labute approximate surface area is 142 Å². The summed E-state index contributed by atoms with van der Waals surface area (Å²) in [6.07, 6.45) is 2.30. The number of benzene rings is 1. The van der Waals surface area contributed by atoms with Gasteiger partial charge in [-0.05, 0) is 50.3 Å². The van der Waals surface area contributed by atoms with E-state index in [1.54, 1.807) is 6.92 Å². The van der Waals surface area contributed by atoms with E-state index < -0.39 is 6.04 Å². The van der Waals surface area contributed by atoms with Gasteiger partial charge in [-0.25, -0.2) is 4.79 Å². The van der Waals surface area contributed by atoms with Crippen LogP contribution in [0.4, 0.5) is 0 Å².